The molecule has 0 heterocycles. The van der Waals surface area contributed by atoms with E-state index in [9.17, 15) is 9.59 Å². The molecular weight excluding hydrogens is 368 g/mol. The van der Waals surface area contributed by atoms with Crippen LogP contribution in [0, 0.1) is 14.2 Å². The van der Waals surface area contributed by atoms with E-state index < -0.39 is 0 Å². The number of carbonyl (C=O) groups is 2. The summed E-state index contributed by atoms with van der Waals surface area (Å²) >= 11 is 0. The van der Waals surface area contributed by atoms with Gasteiger partial charge in [0.15, 0.2) is 0 Å². The molecule has 6 nitrogen and oxygen atoms in total. The van der Waals surface area contributed by atoms with E-state index in [0.717, 1.165) is 0 Å². The van der Waals surface area contributed by atoms with E-state index in [0.29, 0.717) is 12.8 Å². The van der Waals surface area contributed by atoms with Crippen LogP contribution < -0.4 is 5.48 Å². The zero-order chi connectivity index (χ0) is 12.0. The van der Waals surface area contributed by atoms with Gasteiger partial charge in [-0.2, -0.15) is 7.11 Å². The monoisotopic (exact) mass is 385 g/mol. The first-order valence-electron chi connectivity index (χ1n) is 3.81. The van der Waals surface area contributed by atoms with Gasteiger partial charge in [-0.3, -0.25) is 14.8 Å². The average molecular weight is 385 g/mol. The van der Waals surface area contributed by atoms with Crippen molar-refractivity contribution in [3.05, 3.63) is 14.2 Å². The molecule has 92 valence electrons. The standard InChI is InChI=1S/C4H7O2.C3H7NO2.CH3O.2Y/c1-3-4(5)6-2;1-2-3(5)4-6;1-2;;/h2-3H2,1H3;6H,2H2,1H3,(H,4,5);2H,1H2;;/q-1;;-1;;. The summed E-state index contributed by atoms with van der Waals surface area (Å²) in [4.78, 5) is 19.7. The van der Waals surface area contributed by atoms with Crippen LogP contribution in [0.1, 0.15) is 26.7 Å². The second kappa shape index (κ2) is 29.8. The molecule has 0 aromatic carbocycles. The maximum atomic E-state index is 9.90. The first-order valence-corrected chi connectivity index (χ1v) is 3.81. The smallest absolute Gasteiger partial charge is 0.273 e. The zero-order valence-corrected chi connectivity index (χ0v) is 15.3. The van der Waals surface area contributed by atoms with Crippen molar-refractivity contribution in [2.45, 2.75) is 26.7 Å². The molecule has 1 amide bonds. The topological polar surface area (TPSA) is 95.9 Å². The summed E-state index contributed by atoms with van der Waals surface area (Å²) in [5, 5.41) is 14.5. The van der Waals surface area contributed by atoms with Crippen LogP contribution >= 0.6 is 0 Å². The minimum atomic E-state index is -0.352. The predicted molar refractivity (Wildman–Crippen MR) is 49.3 cm³/mol. The van der Waals surface area contributed by atoms with Crippen molar-refractivity contribution in [2.24, 2.45) is 0 Å². The van der Waals surface area contributed by atoms with Gasteiger partial charge in [-0.25, -0.2) is 12.6 Å². The number of rotatable bonds is 2. The van der Waals surface area contributed by atoms with Gasteiger partial charge in [-0.15, -0.1) is 0 Å². The van der Waals surface area contributed by atoms with Crippen molar-refractivity contribution in [3.8, 4) is 0 Å². The number of hydrogen-bond acceptors (Lipinski definition) is 5. The summed E-state index contributed by atoms with van der Waals surface area (Å²) in [6.07, 6.45) is 0.736. The summed E-state index contributed by atoms with van der Waals surface area (Å²) in [6.45, 7) is 3.37. The Morgan fingerprint density at radius 1 is 1.19 bits per heavy atom. The molecule has 0 spiro atoms. The SMILES string of the molecule is CCC(=O)NO.[CH2-]O.[CH2-]OC(=O)CC.[Y].[Y]. The fourth-order valence-corrected chi connectivity index (χ4v) is 0.181. The van der Waals surface area contributed by atoms with Crippen molar-refractivity contribution in [1.82, 2.24) is 5.48 Å². The molecule has 0 aliphatic carbocycles. The Kier molecular flexibility index (Phi) is 56.3. The maximum absolute atomic E-state index is 9.90. The van der Waals surface area contributed by atoms with E-state index in [1.165, 1.54) is 5.48 Å². The van der Waals surface area contributed by atoms with Crippen molar-refractivity contribution in [3.63, 3.8) is 0 Å². The molecule has 16 heavy (non-hydrogen) atoms. The Morgan fingerprint density at radius 3 is 1.56 bits per heavy atom. The Balaban J connectivity index is -0.0000000393. The van der Waals surface area contributed by atoms with E-state index in [2.05, 4.69) is 19.0 Å². The summed E-state index contributed by atoms with van der Waals surface area (Å²) in [6, 6.07) is 0. The second-order valence-corrected chi connectivity index (χ2v) is 1.76. The van der Waals surface area contributed by atoms with Gasteiger partial charge in [-0.05, 0) is 0 Å². The average Bonchev–Trinajstić information content (AvgIpc) is 2.30. The summed E-state index contributed by atoms with van der Waals surface area (Å²) in [5.41, 5.74) is 1.48. The van der Waals surface area contributed by atoms with E-state index in [1.54, 1.807) is 13.8 Å². The van der Waals surface area contributed by atoms with Crippen LogP contribution in [-0.2, 0) is 79.7 Å². The Morgan fingerprint density at radius 2 is 1.56 bits per heavy atom. The molecule has 0 fully saturated rings. The molecule has 0 aliphatic heterocycles. The number of carbonyl (C=O) groups excluding carboxylic acids is 2. The molecule has 0 atom stereocenters. The van der Waals surface area contributed by atoms with Gasteiger partial charge >= 0.3 is 0 Å². The van der Waals surface area contributed by atoms with Crippen LogP contribution in [0.2, 0.25) is 0 Å². The largest absolute Gasteiger partial charge is 0.640 e. The number of hydrogen-bond donors (Lipinski definition) is 3. The second-order valence-electron chi connectivity index (χ2n) is 1.76. The Labute approximate surface area is 147 Å². The number of aliphatic hydroxyl groups is 1. The van der Waals surface area contributed by atoms with Crippen LogP contribution in [-0.4, -0.2) is 22.2 Å². The van der Waals surface area contributed by atoms with Gasteiger partial charge < -0.3 is 9.84 Å². The molecule has 0 aromatic rings. The van der Waals surface area contributed by atoms with E-state index >= 15 is 0 Å². The first kappa shape index (κ1) is 30.3. The fraction of sp³-hybridized carbons (Fsp3) is 0.500. The summed E-state index contributed by atoms with van der Waals surface area (Å²) in [5.74, 6) is -0.620. The van der Waals surface area contributed by atoms with Crippen LogP contribution in [0.15, 0.2) is 0 Å². The van der Waals surface area contributed by atoms with Gasteiger partial charge in [0, 0.05) is 78.3 Å². The summed E-state index contributed by atoms with van der Waals surface area (Å²) < 4.78 is 4.01. The van der Waals surface area contributed by atoms with E-state index in [1.807, 2.05) is 0 Å². The number of ether oxygens (including phenoxy) is 1. The molecule has 0 bridgehead atoms. The maximum Gasteiger partial charge on any atom is 0.273 e. The first-order chi connectivity index (χ1) is 6.62. The Bertz CT molecular complexity index is 118. The third kappa shape index (κ3) is 36.3. The fourth-order valence-electron chi connectivity index (χ4n) is 0.181. The third-order valence-corrected chi connectivity index (χ3v) is 0.895. The van der Waals surface area contributed by atoms with Crippen molar-refractivity contribution >= 4 is 11.9 Å². The molecule has 0 aromatic heterocycles. The molecule has 0 unspecified atom stereocenters. The van der Waals surface area contributed by atoms with Crippen molar-refractivity contribution < 1.29 is 90.1 Å². The Hall–Kier alpha value is 1.07. The normalized spacial score (nSPS) is 6.12. The minimum Gasteiger partial charge on any atom is -0.640 e. The molecule has 0 aliphatic rings. The van der Waals surface area contributed by atoms with Crippen LogP contribution in [0.5, 0.6) is 0 Å². The number of hydroxylamine groups is 1. The van der Waals surface area contributed by atoms with Gasteiger partial charge in [0.1, 0.15) is 0 Å². The quantitative estimate of drug-likeness (QED) is 0.283. The molecule has 0 rings (SSSR count). The third-order valence-electron chi connectivity index (χ3n) is 0.895. The van der Waals surface area contributed by atoms with Crippen LogP contribution in [0.3, 0.4) is 0 Å². The van der Waals surface area contributed by atoms with Crippen LogP contribution in [0.25, 0.3) is 0 Å². The van der Waals surface area contributed by atoms with E-state index in [-0.39, 0.29) is 77.3 Å². The number of esters is 1. The van der Waals surface area contributed by atoms with E-state index in [4.69, 9.17) is 10.3 Å². The zero-order valence-electron chi connectivity index (χ0n) is 9.60. The predicted octanol–water partition coefficient (Wildman–Crippen LogP) is 0.778. The van der Waals surface area contributed by atoms with Crippen molar-refractivity contribution in [1.29, 1.82) is 0 Å². The van der Waals surface area contributed by atoms with Crippen LogP contribution in [0.4, 0.5) is 0 Å². The van der Waals surface area contributed by atoms with Gasteiger partial charge in [-0.1, -0.05) is 13.8 Å². The summed E-state index contributed by atoms with van der Waals surface area (Å²) in [7, 11) is 5.16. The minimum absolute atomic E-state index is 0. The molecule has 2 radical (unpaired) electrons. The van der Waals surface area contributed by atoms with Crippen molar-refractivity contribution in [2.75, 3.05) is 0 Å². The van der Waals surface area contributed by atoms with Gasteiger partial charge in [0.25, 0.3) is 5.97 Å². The van der Waals surface area contributed by atoms with Gasteiger partial charge in [0.2, 0.25) is 5.91 Å². The number of nitrogens with one attached hydrogen (secondary N) is 1. The molecular formula is C8H17NO5Y2-2. The number of aliphatic hydroxyl groups excluding tert-OH is 1. The molecule has 8 heteroatoms. The molecule has 0 saturated heterocycles. The number of amides is 1. The molecule has 0 saturated carbocycles. The molecule has 3 N–H and O–H groups in total. The van der Waals surface area contributed by atoms with Gasteiger partial charge in [0.05, 0.1) is 0 Å².